The van der Waals surface area contributed by atoms with Crippen LogP contribution >= 0.6 is 0 Å². The summed E-state index contributed by atoms with van der Waals surface area (Å²) < 4.78 is 0. The molecule has 3 nitrogen and oxygen atoms in total. The highest BCUT2D eigenvalue weighted by Gasteiger charge is 2.72. The van der Waals surface area contributed by atoms with Crippen molar-refractivity contribution in [3.63, 3.8) is 0 Å². The van der Waals surface area contributed by atoms with Crippen molar-refractivity contribution < 1.29 is 4.79 Å². The van der Waals surface area contributed by atoms with Gasteiger partial charge in [-0.25, -0.2) is 0 Å². The average Bonchev–Trinajstić information content (AvgIpc) is 3.37. The van der Waals surface area contributed by atoms with Crippen LogP contribution in [-0.2, 0) is 17.9 Å². The van der Waals surface area contributed by atoms with Gasteiger partial charge in [0.25, 0.3) is 0 Å². The smallest absolute Gasteiger partial charge is 0.228 e. The Morgan fingerprint density at radius 1 is 0.808 bits per heavy atom. The van der Waals surface area contributed by atoms with Crippen molar-refractivity contribution in [2.75, 3.05) is 0 Å². The number of piperidine rings is 1. The Labute approximate surface area is 154 Å². The molecular formula is C23H24N2O. The van der Waals surface area contributed by atoms with E-state index in [0.29, 0.717) is 35.9 Å². The van der Waals surface area contributed by atoms with E-state index in [-0.39, 0.29) is 0 Å². The Hall–Kier alpha value is -2.13. The second-order valence-electron chi connectivity index (χ2n) is 8.52. The van der Waals surface area contributed by atoms with Crippen molar-refractivity contribution in [1.82, 2.24) is 9.80 Å². The van der Waals surface area contributed by atoms with Crippen molar-refractivity contribution in [2.24, 2.45) is 23.7 Å². The monoisotopic (exact) mass is 344 g/mol. The zero-order valence-electron chi connectivity index (χ0n) is 14.9. The summed E-state index contributed by atoms with van der Waals surface area (Å²) in [5.41, 5.74) is 2.62. The molecule has 1 amide bonds. The van der Waals surface area contributed by atoms with Gasteiger partial charge in [0.05, 0.1) is 6.17 Å². The molecule has 4 fully saturated rings. The van der Waals surface area contributed by atoms with E-state index in [1.54, 1.807) is 0 Å². The van der Waals surface area contributed by atoms with E-state index in [1.807, 2.05) is 6.07 Å². The number of benzene rings is 2. The largest absolute Gasteiger partial charge is 0.322 e. The molecule has 1 unspecified atom stereocenters. The van der Waals surface area contributed by atoms with Gasteiger partial charge in [-0.05, 0) is 35.8 Å². The minimum atomic E-state index is 0.305. The second kappa shape index (κ2) is 5.43. The Kier molecular flexibility index (Phi) is 3.13. The number of hydrogen-bond donors (Lipinski definition) is 0. The first-order valence-electron chi connectivity index (χ1n) is 9.97. The van der Waals surface area contributed by atoms with Gasteiger partial charge in [-0.2, -0.15) is 0 Å². The quantitative estimate of drug-likeness (QED) is 0.847. The summed E-state index contributed by atoms with van der Waals surface area (Å²) in [5.74, 6) is 2.64. The normalized spacial score (nSPS) is 37.1. The van der Waals surface area contributed by atoms with Crippen LogP contribution in [0.3, 0.4) is 0 Å². The molecule has 132 valence electrons. The first-order chi connectivity index (χ1) is 12.8. The first-order valence-corrected chi connectivity index (χ1v) is 9.97. The molecule has 3 heteroatoms. The molecule has 4 bridgehead atoms. The summed E-state index contributed by atoms with van der Waals surface area (Å²) in [7, 11) is 0. The van der Waals surface area contributed by atoms with E-state index in [9.17, 15) is 4.79 Å². The van der Waals surface area contributed by atoms with Crippen LogP contribution in [0.1, 0.15) is 24.0 Å². The maximum absolute atomic E-state index is 13.3. The van der Waals surface area contributed by atoms with Gasteiger partial charge in [0, 0.05) is 31.0 Å². The SMILES string of the molecule is O=C1[C@@H]2[C@@H]3[C@H](N1Cc1ccccc1)N(Cc1ccccc1)C1[C@H]2CC[C@@H]13. The summed E-state index contributed by atoms with van der Waals surface area (Å²) in [6, 6.07) is 21.9. The number of fused-ring (bicyclic) bond motifs is 1. The third-order valence-electron chi connectivity index (χ3n) is 7.44. The number of carbonyl (C=O) groups excluding carboxylic acids is 1. The van der Waals surface area contributed by atoms with Crippen LogP contribution in [0, 0.1) is 23.7 Å². The predicted octanol–water partition coefficient (Wildman–Crippen LogP) is 3.51. The number of amides is 1. The van der Waals surface area contributed by atoms with E-state index in [0.717, 1.165) is 19.0 Å². The zero-order valence-corrected chi connectivity index (χ0v) is 14.9. The lowest BCUT2D eigenvalue weighted by Crippen LogP contribution is -2.48. The van der Waals surface area contributed by atoms with E-state index in [1.165, 1.54) is 24.0 Å². The highest BCUT2D eigenvalue weighted by atomic mass is 16.2. The zero-order chi connectivity index (χ0) is 17.3. The molecule has 0 aromatic heterocycles. The summed E-state index contributed by atoms with van der Waals surface area (Å²) in [6.07, 6.45) is 2.88. The molecule has 26 heavy (non-hydrogen) atoms. The molecule has 2 aliphatic heterocycles. The van der Waals surface area contributed by atoms with Crippen LogP contribution in [0.25, 0.3) is 0 Å². The highest BCUT2D eigenvalue weighted by Crippen LogP contribution is 2.65. The molecule has 2 heterocycles. The molecule has 0 N–H and O–H groups in total. The van der Waals surface area contributed by atoms with Crippen LogP contribution in [-0.4, -0.2) is 27.9 Å². The van der Waals surface area contributed by atoms with Crippen molar-refractivity contribution in [2.45, 2.75) is 38.1 Å². The Morgan fingerprint density at radius 3 is 2.12 bits per heavy atom. The molecule has 2 aromatic rings. The highest BCUT2D eigenvalue weighted by molar-refractivity contribution is 5.84. The summed E-state index contributed by atoms with van der Waals surface area (Å²) in [4.78, 5) is 18.2. The fraction of sp³-hybridized carbons (Fsp3) is 0.435. The van der Waals surface area contributed by atoms with Gasteiger partial charge in [0.2, 0.25) is 5.91 Å². The molecular weight excluding hydrogens is 320 g/mol. The van der Waals surface area contributed by atoms with Crippen LogP contribution in [0.2, 0.25) is 0 Å². The van der Waals surface area contributed by atoms with E-state index >= 15 is 0 Å². The lowest BCUT2D eigenvalue weighted by atomic mass is 9.79. The minimum Gasteiger partial charge on any atom is -0.322 e. The number of likely N-dealkylation sites (tertiary alicyclic amines) is 2. The average molecular weight is 344 g/mol. The Morgan fingerprint density at radius 2 is 1.42 bits per heavy atom. The van der Waals surface area contributed by atoms with Gasteiger partial charge in [-0.15, -0.1) is 0 Å². The van der Waals surface area contributed by atoms with Crippen LogP contribution in [0.15, 0.2) is 60.7 Å². The Balaban J connectivity index is 1.36. The van der Waals surface area contributed by atoms with Gasteiger partial charge in [-0.1, -0.05) is 60.7 Å². The van der Waals surface area contributed by atoms with Gasteiger partial charge >= 0.3 is 0 Å². The van der Waals surface area contributed by atoms with Crippen molar-refractivity contribution >= 4 is 5.91 Å². The molecule has 4 aliphatic rings. The summed E-state index contributed by atoms with van der Waals surface area (Å²) >= 11 is 0. The lowest BCUT2D eigenvalue weighted by Gasteiger charge is -2.38. The molecule has 0 radical (unpaired) electrons. The molecule has 2 saturated carbocycles. The van der Waals surface area contributed by atoms with Gasteiger partial charge in [-0.3, -0.25) is 9.69 Å². The van der Waals surface area contributed by atoms with Crippen molar-refractivity contribution in [3.05, 3.63) is 71.8 Å². The lowest BCUT2D eigenvalue weighted by molar-refractivity contribution is -0.134. The third-order valence-corrected chi connectivity index (χ3v) is 7.44. The predicted molar refractivity (Wildman–Crippen MR) is 99.7 cm³/mol. The van der Waals surface area contributed by atoms with E-state index < -0.39 is 0 Å². The number of nitrogens with zero attached hydrogens (tertiary/aromatic N) is 2. The molecule has 0 spiro atoms. The maximum Gasteiger partial charge on any atom is 0.228 e. The first kappa shape index (κ1) is 15.0. The molecule has 2 aliphatic carbocycles. The molecule has 2 aromatic carbocycles. The molecule has 6 atom stereocenters. The summed E-state index contributed by atoms with van der Waals surface area (Å²) in [6.45, 7) is 1.74. The van der Waals surface area contributed by atoms with Gasteiger partial charge in [0.15, 0.2) is 0 Å². The summed E-state index contributed by atoms with van der Waals surface area (Å²) in [5, 5.41) is 0. The van der Waals surface area contributed by atoms with Crippen molar-refractivity contribution in [1.29, 1.82) is 0 Å². The van der Waals surface area contributed by atoms with Crippen LogP contribution in [0.4, 0.5) is 0 Å². The topological polar surface area (TPSA) is 23.6 Å². The van der Waals surface area contributed by atoms with E-state index in [2.05, 4.69) is 64.4 Å². The van der Waals surface area contributed by atoms with Crippen molar-refractivity contribution in [3.8, 4) is 0 Å². The third kappa shape index (κ3) is 1.90. The second-order valence-corrected chi connectivity index (χ2v) is 8.52. The van der Waals surface area contributed by atoms with E-state index in [4.69, 9.17) is 0 Å². The minimum absolute atomic E-state index is 0.305. The Bertz CT molecular complexity index is 836. The maximum atomic E-state index is 13.3. The number of rotatable bonds is 4. The van der Waals surface area contributed by atoms with Crippen LogP contribution in [0.5, 0.6) is 0 Å². The number of hydrogen-bond acceptors (Lipinski definition) is 2. The fourth-order valence-corrected chi connectivity index (χ4v) is 6.70. The van der Waals surface area contributed by atoms with Gasteiger partial charge in [0.1, 0.15) is 0 Å². The van der Waals surface area contributed by atoms with Gasteiger partial charge < -0.3 is 4.90 Å². The molecule has 2 saturated heterocycles. The molecule has 6 rings (SSSR count). The van der Waals surface area contributed by atoms with Crippen LogP contribution < -0.4 is 0 Å². The standard InChI is InChI=1S/C23H24N2O/c26-23-20-18-12-11-17-19(20)22(25(23)14-16-9-5-2-6-10-16)24(21(17)18)13-15-7-3-1-4-8-15/h1-10,17-22H,11-14H2/t17-,18+,19-,20+,21?,22+/m1/s1. The fourth-order valence-electron chi connectivity index (χ4n) is 6.70. The number of carbonyl (C=O) groups is 1.